The first-order valence-corrected chi connectivity index (χ1v) is 4.30. The van der Waals surface area contributed by atoms with Crippen molar-refractivity contribution in [1.29, 1.82) is 0 Å². The molecule has 0 aromatic heterocycles. The normalized spacial score (nSPS) is 11.3. The molecular formula is C6H9Cl3O3. The molecule has 3 nitrogen and oxygen atoms in total. The molecule has 0 aliphatic heterocycles. The van der Waals surface area contributed by atoms with Crippen molar-refractivity contribution in [2.45, 2.75) is 10.2 Å². The average Bonchev–Trinajstić information content (AvgIpc) is 1.96. The Balaban J connectivity index is 3.28. The van der Waals surface area contributed by atoms with Crippen LogP contribution in [0.4, 0.5) is 0 Å². The molecule has 72 valence electrons. The van der Waals surface area contributed by atoms with Crippen LogP contribution in [0.2, 0.25) is 0 Å². The van der Waals surface area contributed by atoms with Crippen molar-refractivity contribution in [2.24, 2.45) is 0 Å². The number of methoxy groups -OCH3 is 1. The Kier molecular flexibility index (Phi) is 6.01. The molecule has 0 rings (SSSR count). The van der Waals surface area contributed by atoms with Gasteiger partial charge in [0.1, 0.15) is 0 Å². The van der Waals surface area contributed by atoms with Crippen LogP contribution in [0, 0.1) is 0 Å². The van der Waals surface area contributed by atoms with Gasteiger partial charge in [-0.1, -0.05) is 34.8 Å². The lowest BCUT2D eigenvalue weighted by Crippen LogP contribution is -2.15. The number of hydrogen-bond donors (Lipinski definition) is 0. The van der Waals surface area contributed by atoms with Gasteiger partial charge in [-0.25, -0.2) is 0 Å². The van der Waals surface area contributed by atoms with Crippen LogP contribution in [-0.2, 0) is 14.3 Å². The standard InChI is InChI=1S/C6H9Cl3O3/c1-11-5(10)2-3-12-4-6(7,8)9/h2-4H2,1H3. The van der Waals surface area contributed by atoms with Crippen molar-refractivity contribution >= 4 is 40.8 Å². The first-order valence-electron chi connectivity index (χ1n) is 3.17. The fraction of sp³-hybridized carbons (Fsp3) is 0.833. The number of esters is 1. The second-order valence-corrected chi connectivity index (χ2v) is 4.51. The summed E-state index contributed by atoms with van der Waals surface area (Å²) in [5, 5.41) is 0. The molecule has 0 fully saturated rings. The maximum absolute atomic E-state index is 10.5. The van der Waals surface area contributed by atoms with Gasteiger partial charge in [-0.2, -0.15) is 0 Å². The first-order chi connectivity index (χ1) is 5.45. The van der Waals surface area contributed by atoms with Crippen LogP contribution >= 0.6 is 34.8 Å². The largest absolute Gasteiger partial charge is 0.469 e. The molecule has 0 spiro atoms. The maximum atomic E-state index is 10.5. The molecule has 0 atom stereocenters. The van der Waals surface area contributed by atoms with Crippen molar-refractivity contribution in [3.8, 4) is 0 Å². The zero-order chi connectivity index (χ0) is 9.61. The Bertz CT molecular complexity index is 143. The summed E-state index contributed by atoms with van der Waals surface area (Å²) in [7, 11) is 1.30. The Labute approximate surface area is 85.9 Å². The summed E-state index contributed by atoms with van der Waals surface area (Å²) in [6.07, 6.45) is 0.164. The van der Waals surface area contributed by atoms with Gasteiger partial charge in [0.05, 0.1) is 26.7 Å². The summed E-state index contributed by atoms with van der Waals surface area (Å²) >= 11 is 16.1. The Hall–Kier alpha value is 0.300. The molecule has 0 bridgehead atoms. The van der Waals surface area contributed by atoms with E-state index in [9.17, 15) is 4.79 Å². The highest BCUT2D eigenvalue weighted by Crippen LogP contribution is 2.25. The van der Waals surface area contributed by atoms with Gasteiger partial charge in [0, 0.05) is 0 Å². The minimum atomic E-state index is -1.42. The maximum Gasteiger partial charge on any atom is 0.307 e. The lowest BCUT2D eigenvalue weighted by Gasteiger charge is -2.10. The van der Waals surface area contributed by atoms with E-state index in [0.29, 0.717) is 0 Å². The van der Waals surface area contributed by atoms with Crippen LogP contribution in [-0.4, -0.2) is 30.1 Å². The van der Waals surface area contributed by atoms with Crippen molar-refractivity contribution in [2.75, 3.05) is 20.3 Å². The molecule has 0 aromatic carbocycles. The molecule has 12 heavy (non-hydrogen) atoms. The van der Waals surface area contributed by atoms with Gasteiger partial charge in [-0.15, -0.1) is 0 Å². The highest BCUT2D eigenvalue weighted by molar-refractivity contribution is 6.67. The summed E-state index contributed by atoms with van der Waals surface area (Å²) in [5.74, 6) is -0.348. The zero-order valence-corrected chi connectivity index (χ0v) is 8.75. The quantitative estimate of drug-likeness (QED) is 0.424. The van der Waals surface area contributed by atoms with Crippen LogP contribution in [0.3, 0.4) is 0 Å². The molecule has 0 aliphatic rings. The van der Waals surface area contributed by atoms with Gasteiger partial charge >= 0.3 is 5.97 Å². The highest BCUT2D eigenvalue weighted by Gasteiger charge is 2.19. The van der Waals surface area contributed by atoms with E-state index in [1.165, 1.54) is 7.11 Å². The Morgan fingerprint density at radius 2 is 2.00 bits per heavy atom. The van der Waals surface area contributed by atoms with Gasteiger partial charge in [-0.3, -0.25) is 4.79 Å². The zero-order valence-electron chi connectivity index (χ0n) is 6.48. The van der Waals surface area contributed by atoms with E-state index in [0.717, 1.165) is 0 Å². The van der Waals surface area contributed by atoms with Crippen molar-refractivity contribution in [3.63, 3.8) is 0 Å². The van der Waals surface area contributed by atoms with E-state index in [-0.39, 0.29) is 25.6 Å². The number of halogens is 3. The van der Waals surface area contributed by atoms with Crippen LogP contribution in [0.5, 0.6) is 0 Å². The predicted octanol–water partition coefficient (Wildman–Crippen LogP) is 1.94. The van der Waals surface area contributed by atoms with Crippen molar-refractivity contribution in [3.05, 3.63) is 0 Å². The van der Waals surface area contributed by atoms with Crippen LogP contribution < -0.4 is 0 Å². The molecule has 6 heteroatoms. The Morgan fingerprint density at radius 3 is 2.42 bits per heavy atom. The monoisotopic (exact) mass is 234 g/mol. The smallest absolute Gasteiger partial charge is 0.307 e. The minimum absolute atomic E-state index is 0.0331. The summed E-state index contributed by atoms with van der Waals surface area (Å²) in [4.78, 5) is 10.5. The van der Waals surface area contributed by atoms with E-state index >= 15 is 0 Å². The molecule has 0 saturated heterocycles. The molecule has 0 radical (unpaired) electrons. The van der Waals surface area contributed by atoms with E-state index in [2.05, 4.69) is 4.74 Å². The summed E-state index contributed by atoms with van der Waals surface area (Å²) in [6, 6.07) is 0. The van der Waals surface area contributed by atoms with Gasteiger partial charge in [0.25, 0.3) is 0 Å². The van der Waals surface area contributed by atoms with E-state index in [1.54, 1.807) is 0 Å². The van der Waals surface area contributed by atoms with E-state index in [1.807, 2.05) is 0 Å². The van der Waals surface area contributed by atoms with Crippen LogP contribution in [0.15, 0.2) is 0 Å². The predicted molar refractivity (Wildman–Crippen MR) is 47.7 cm³/mol. The molecule has 0 aliphatic carbocycles. The van der Waals surface area contributed by atoms with Crippen molar-refractivity contribution < 1.29 is 14.3 Å². The SMILES string of the molecule is COC(=O)CCOCC(Cl)(Cl)Cl. The number of rotatable bonds is 4. The molecule has 0 saturated carbocycles. The number of carbonyl (C=O) groups is 1. The number of alkyl halides is 3. The van der Waals surface area contributed by atoms with Gasteiger partial charge in [-0.05, 0) is 0 Å². The summed E-state index contributed by atoms with van der Waals surface area (Å²) in [5.41, 5.74) is 0. The van der Waals surface area contributed by atoms with Gasteiger partial charge < -0.3 is 9.47 Å². The second kappa shape index (κ2) is 5.86. The fourth-order valence-corrected chi connectivity index (χ4v) is 0.677. The van der Waals surface area contributed by atoms with Gasteiger partial charge in [0.15, 0.2) is 0 Å². The molecule has 0 aromatic rings. The second-order valence-electron chi connectivity index (χ2n) is 1.99. The van der Waals surface area contributed by atoms with E-state index < -0.39 is 3.79 Å². The summed E-state index contributed by atoms with van der Waals surface area (Å²) in [6.45, 7) is 0.162. The average molecular weight is 235 g/mol. The third-order valence-electron chi connectivity index (χ3n) is 0.944. The van der Waals surface area contributed by atoms with Crippen molar-refractivity contribution in [1.82, 2.24) is 0 Å². The lowest BCUT2D eigenvalue weighted by atomic mass is 10.5. The third kappa shape index (κ3) is 8.40. The molecular weight excluding hydrogens is 226 g/mol. The van der Waals surface area contributed by atoms with E-state index in [4.69, 9.17) is 39.5 Å². The topological polar surface area (TPSA) is 35.5 Å². The fourth-order valence-electron chi connectivity index (χ4n) is 0.445. The lowest BCUT2D eigenvalue weighted by molar-refractivity contribution is -0.141. The van der Waals surface area contributed by atoms with Crippen LogP contribution in [0.1, 0.15) is 6.42 Å². The number of ether oxygens (including phenoxy) is 2. The number of carbonyl (C=O) groups excluding carboxylic acids is 1. The minimum Gasteiger partial charge on any atom is -0.469 e. The molecule has 0 amide bonds. The first kappa shape index (κ1) is 12.3. The molecule has 0 N–H and O–H groups in total. The van der Waals surface area contributed by atoms with Crippen LogP contribution in [0.25, 0.3) is 0 Å². The third-order valence-corrected chi connectivity index (χ3v) is 1.27. The number of hydrogen-bond acceptors (Lipinski definition) is 3. The molecule has 0 heterocycles. The highest BCUT2D eigenvalue weighted by atomic mass is 35.6. The molecule has 0 unspecified atom stereocenters. The van der Waals surface area contributed by atoms with Gasteiger partial charge in [0.2, 0.25) is 3.79 Å². The summed E-state index contributed by atoms with van der Waals surface area (Å²) < 4.78 is 7.82. The Morgan fingerprint density at radius 1 is 1.42 bits per heavy atom.